The van der Waals surface area contributed by atoms with Crippen LogP contribution in [0.25, 0.3) is 11.0 Å². The molecule has 4 aliphatic rings. The predicted molar refractivity (Wildman–Crippen MR) is 223 cm³/mol. The quantitative estimate of drug-likeness (QED) is 0.234. The zero-order chi connectivity index (χ0) is 44.8. The minimum atomic E-state index is -4.60. The van der Waals surface area contributed by atoms with Crippen LogP contribution in [-0.4, -0.2) is 95.0 Å². The van der Waals surface area contributed by atoms with Crippen LogP contribution in [0.4, 0.5) is 18.0 Å². The smallest absolute Gasteiger partial charge is 0.427 e. The molecule has 2 saturated carbocycles. The standard InChI is InChI=1S/C34H45N5O7S.C5H8F3NO2.C2H6.3H2/c1-5-33(12-13-33)47(43,44)38-32(42)34-18-23(34)9-7-6-8-21(2)14-22(3)15-30(40)39-20-25(17-28(39)31(41)37-34)46-29-19-35-26-11-10-24(45-4)16-27(26)36-29;1-4(2,5(6,7)8)11-3(9)10;1-2;;;/h7,9-11,16,19,21-23,25,28H,5-6,8,12-15,17-18,20H2,1-4H3,(H,37,41)(H,38,42);1-2H3,(H2,9,10);1-2H3;3*1H/b9-7-;;;;;/t21-,22-,23-,25-,28+,34-;;;;;/m1...../s1. The van der Waals surface area contributed by atoms with Crippen LogP contribution in [0.15, 0.2) is 36.5 Å². The van der Waals surface area contributed by atoms with Gasteiger partial charge in [-0.25, -0.2) is 23.2 Å². The number of benzene rings is 1. The second-order valence-electron chi connectivity index (χ2n) is 16.4. The van der Waals surface area contributed by atoms with Gasteiger partial charge in [0.05, 0.1) is 35.6 Å². The van der Waals surface area contributed by atoms with Gasteiger partial charge in [-0.05, 0) is 82.8 Å². The molecule has 2 aliphatic carbocycles. The zero-order valence-corrected chi connectivity index (χ0v) is 36.4. The van der Waals surface area contributed by atoms with E-state index >= 15 is 0 Å². The van der Waals surface area contributed by atoms with Crippen molar-refractivity contribution >= 4 is 44.9 Å². The molecule has 0 radical (unpaired) electrons. The van der Waals surface area contributed by atoms with Crippen molar-refractivity contribution in [3.8, 4) is 11.6 Å². The highest BCUT2D eigenvalue weighted by atomic mass is 32.2. The molecule has 15 nitrogen and oxygen atoms in total. The van der Waals surface area contributed by atoms with Crippen molar-refractivity contribution in [2.75, 3.05) is 13.7 Å². The number of allylic oxidation sites excluding steroid dienone is 1. The van der Waals surface area contributed by atoms with E-state index in [1.54, 1.807) is 37.1 Å². The lowest BCUT2D eigenvalue weighted by Crippen LogP contribution is -2.57. The zero-order valence-electron chi connectivity index (χ0n) is 35.6. The number of aromatic nitrogens is 2. The van der Waals surface area contributed by atoms with Crippen LogP contribution in [0.2, 0.25) is 0 Å². The van der Waals surface area contributed by atoms with Crippen LogP contribution in [0.5, 0.6) is 11.6 Å². The van der Waals surface area contributed by atoms with Crippen LogP contribution < -0.4 is 25.2 Å². The Morgan fingerprint density at radius 1 is 1.10 bits per heavy atom. The molecule has 340 valence electrons. The molecular weight excluding hydrogens is 810 g/mol. The first kappa shape index (κ1) is 48.0. The minimum absolute atomic E-state index is 0. The summed E-state index contributed by atoms with van der Waals surface area (Å²) in [6, 6.07) is 4.44. The molecule has 19 heteroatoms. The number of halogens is 3. The lowest BCUT2D eigenvalue weighted by molar-refractivity contribution is -0.243. The maximum Gasteiger partial charge on any atom is 0.427 e. The van der Waals surface area contributed by atoms with Crippen molar-refractivity contribution in [3.63, 3.8) is 0 Å². The van der Waals surface area contributed by atoms with E-state index in [2.05, 4.69) is 44.3 Å². The number of nitrogens with two attached hydrogens (primary N) is 1. The van der Waals surface area contributed by atoms with Crippen molar-refractivity contribution in [2.24, 2.45) is 23.5 Å². The molecule has 0 bridgehead atoms. The SMILES string of the molecule is CC.CC(C)(OC(N)=O)C(F)(F)F.CCC1(S(=O)(=O)NC(=O)[C@@]23C[C@H]2/C=C\CC[C@@H](C)C[C@@H](C)CC(=O)N2C[C@H](Oc4cnc5ccc(OC)cc5n4)C[C@H]2C(=O)N3)CC1.[HH].[HH].[HH]. The number of carbonyl (C=O) groups is 4. The fourth-order valence-electron chi connectivity index (χ4n) is 7.55. The average molecular weight is 875 g/mol. The van der Waals surface area contributed by atoms with Crippen LogP contribution >= 0.6 is 0 Å². The number of rotatable bonds is 8. The number of nitrogens with zero attached hydrogens (tertiary/aromatic N) is 3. The van der Waals surface area contributed by atoms with Crippen molar-refractivity contribution < 1.29 is 59.3 Å². The number of amides is 4. The van der Waals surface area contributed by atoms with Crippen LogP contribution in [-0.2, 0) is 29.1 Å². The van der Waals surface area contributed by atoms with E-state index in [0.717, 1.165) is 33.1 Å². The number of fused-ring (bicyclic) bond motifs is 3. The highest BCUT2D eigenvalue weighted by Crippen LogP contribution is 2.49. The summed E-state index contributed by atoms with van der Waals surface area (Å²) in [6.07, 6.45) is 3.58. The van der Waals surface area contributed by atoms with Gasteiger partial charge in [0.2, 0.25) is 33.3 Å². The Hall–Kier alpha value is -4.68. The number of ether oxygens (including phenoxy) is 3. The first-order valence-electron chi connectivity index (χ1n) is 20.4. The van der Waals surface area contributed by atoms with Gasteiger partial charge in [0.25, 0.3) is 5.91 Å². The molecule has 2 aliphatic heterocycles. The number of alkyl halides is 3. The molecule has 4 amide bonds. The van der Waals surface area contributed by atoms with E-state index < -0.39 is 62.1 Å². The molecule has 6 rings (SSSR count). The maximum atomic E-state index is 14.1. The molecule has 1 aromatic heterocycles. The number of hydrogen-bond donors (Lipinski definition) is 3. The third-order valence-electron chi connectivity index (χ3n) is 11.5. The monoisotopic (exact) mass is 874 g/mol. The fraction of sp³-hybridized carbons (Fsp3) is 0.659. The van der Waals surface area contributed by atoms with Crippen molar-refractivity contribution in [1.29, 1.82) is 0 Å². The molecule has 2 aromatic rings. The van der Waals surface area contributed by atoms with Gasteiger partial charge in [0.1, 0.15) is 23.4 Å². The Kier molecular flexibility index (Phi) is 15.1. The Bertz CT molecular complexity index is 2040. The van der Waals surface area contributed by atoms with Crippen molar-refractivity contribution in [3.05, 3.63) is 36.5 Å². The summed E-state index contributed by atoms with van der Waals surface area (Å²) < 4.78 is 78.7. The van der Waals surface area contributed by atoms with Gasteiger partial charge in [-0.15, -0.1) is 0 Å². The second kappa shape index (κ2) is 18.9. The van der Waals surface area contributed by atoms with Crippen molar-refractivity contribution in [2.45, 2.75) is 140 Å². The van der Waals surface area contributed by atoms with Gasteiger partial charge in [-0.2, -0.15) is 13.2 Å². The molecule has 60 heavy (non-hydrogen) atoms. The van der Waals surface area contributed by atoms with E-state index in [4.69, 9.17) is 9.47 Å². The Labute approximate surface area is 354 Å². The number of primary amides is 1. The molecule has 4 N–H and O–H groups in total. The Balaban J connectivity index is 0.00000109. The van der Waals surface area contributed by atoms with E-state index in [-0.39, 0.29) is 53.7 Å². The number of carbonyl (C=O) groups excluding carboxylic acids is 4. The molecule has 3 fully saturated rings. The van der Waals surface area contributed by atoms with Gasteiger partial charge in [-0.1, -0.05) is 46.8 Å². The van der Waals surface area contributed by atoms with Gasteiger partial charge in [-0.3, -0.25) is 19.1 Å². The van der Waals surface area contributed by atoms with E-state index in [1.165, 1.54) is 6.20 Å². The fourth-order valence-corrected chi connectivity index (χ4v) is 9.21. The molecular formula is C41H65F3N6O9S. The summed E-state index contributed by atoms with van der Waals surface area (Å²) in [5.41, 5.74) is 1.73. The van der Waals surface area contributed by atoms with E-state index in [9.17, 15) is 40.8 Å². The Morgan fingerprint density at radius 2 is 1.78 bits per heavy atom. The third kappa shape index (κ3) is 11.2. The number of sulfonamides is 1. The predicted octanol–water partition coefficient (Wildman–Crippen LogP) is 6.84. The average Bonchev–Trinajstić information content (AvgIpc) is 4.07. The number of nitrogens with one attached hydrogen (secondary N) is 2. The summed E-state index contributed by atoms with van der Waals surface area (Å²) in [6.45, 7) is 11.6. The number of methoxy groups -OCH3 is 1. The lowest BCUT2D eigenvalue weighted by Gasteiger charge is -2.28. The molecule has 0 unspecified atom stereocenters. The van der Waals surface area contributed by atoms with Crippen LogP contribution in [0, 0.1) is 17.8 Å². The molecule has 0 spiro atoms. The summed E-state index contributed by atoms with van der Waals surface area (Å²) in [5, 5.41) is 2.92. The van der Waals surface area contributed by atoms with Gasteiger partial charge >= 0.3 is 12.3 Å². The Morgan fingerprint density at radius 3 is 2.37 bits per heavy atom. The van der Waals surface area contributed by atoms with E-state index in [0.29, 0.717) is 42.0 Å². The molecule has 6 atom stereocenters. The topological polar surface area (TPSA) is 209 Å². The highest BCUT2D eigenvalue weighted by Gasteiger charge is 2.63. The minimum Gasteiger partial charge on any atom is -0.497 e. The summed E-state index contributed by atoms with van der Waals surface area (Å²) in [7, 11) is -2.36. The lowest BCUT2D eigenvalue weighted by atomic mass is 9.91. The highest BCUT2D eigenvalue weighted by molar-refractivity contribution is 7.91. The van der Waals surface area contributed by atoms with Gasteiger partial charge < -0.3 is 30.2 Å². The number of hydrogen-bond acceptors (Lipinski definition) is 11. The van der Waals surface area contributed by atoms with Gasteiger partial charge in [0, 0.05) is 29.1 Å². The summed E-state index contributed by atoms with van der Waals surface area (Å²) in [5.74, 6) is -0.378. The summed E-state index contributed by atoms with van der Waals surface area (Å²) in [4.78, 5) is 62.1. The van der Waals surface area contributed by atoms with Crippen LogP contribution in [0.1, 0.15) is 111 Å². The first-order valence-corrected chi connectivity index (χ1v) is 21.9. The second-order valence-corrected chi connectivity index (χ2v) is 18.5. The molecule has 1 saturated heterocycles. The largest absolute Gasteiger partial charge is 0.497 e. The van der Waals surface area contributed by atoms with E-state index in [1.807, 2.05) is 26.0 Å². The molecule has 3 heterocycles. The summed E-state index contributed by atoms with van der Waals surface area (Å²) >= 11 is 0. The van der Waals surface area contributed by atoms with Gasteiger partial charge in [0.15, 0.2) is 0 Å². The third-order valence-corrected chi connectivity index (χ3v) is 13.8. The van der Waals surface area contributed by atoms with Crippen LogP contribution in [0.3, 0.4) is 0 Å². The normalized spacial score (nSPS) is 27.1. The molecule has 1 aromatic carbocycles. The maximum absolute atomic E-state index is 14.1. The van der Waals surface area contributed by atoms with Crippen molar-refractivity contribution in [1.82, 2.24) is 24.9 Å². The first-order chi connectivity index (χ1) is 28.0.